The van der Waals surface area contributed by atoms with E-state index in [1.807, 2.05) is 46.3 Å². The first-order valence-electron chi connectivity index (χ1n) is 5.61. The number of hydrogen-bond donors (Lipinski definition) is 0. The first-order valence-corrected chi connectivity index (χ1v) is 5.61. The molecule has 1 aliphatic rings. The Morgan fingerprint density at radius 1 is 1.00 bits per heavy atom. The molecule has 0 amide bonds. The molecule has 5 nitrogen and oxygen atoms in total. The fourth-order valence-corrected chi connectivity index (χ4v) is 2.07. The highest BCUT2D eigenvalue weighted by atomic mass is 15.4. The first kappa shape index (κ1) is 9.59. The van der Waals surface area contributed by atoms with E-state index in [2.05, 4.69) is 15.1 Å². The van der Waals surface area contributed by atoms with Crippen molar-refractivity contribution in [3.63, 3.8) is 0 Å². The van der Waals surface area contributed by atoms with Crippen LogP contribution in [0.2, 0.25) is 0 Å². The predicted molar refractivity (Wildman–Crippen MR) is 59.9 cm³/mol. The van der Waals surface area contributed by atoms with Crippen LogP contribution >= 0.6 is 0 Å². The van der Waals surface area contributed by atoms with E-state index < -0.39 is 0 Å². The number of hydrogen-bond acceptors (Lipinski definition) is 3. The lowest BCUT2D eigenvalue weighted by atomic mass is 10.1. The lowest BCUT2D eigenvalue weighted by Gasteiger charge is -2.39. The minimum atomic E-state index is 0.563. The summed E-state index contributed by atoms with van der Waals surface area (Å²) in [6.07, 6.45) is 7.70. The Kier molecular flexibility index (Phi) is 2.46. The highest BCUT2D eigenvalue weighted by Crippen LogP contribution is 2.19. The van der Waals surface area contributed by atoms with Crippen LogP contribution < -0.4 is 0 Å². The summed E-state index contributed by atoms with van der Waals surface area (Å²) in [6.45, 7) is 4.24. The van der Waals surface area contributed by atoms with Gasteiger partial charge >= 0.3 is 0 Å². The van der Waals surface area contributed by atoms with Gasteiger partial charge in [0.2, 0.25) is 0 Å². The molecule has 1 saturated heterocycles. The second-order valence-electron chi connectivity index (χ2n) is 4.17. The van der Waals surface area contributed by atoms with Crippen LogP contribution in [0, 0.1) is 0 Å². The number of likely N-dealkylation sites (tertiary alicyclic amines) is 1. The molecule has 3 heterocycles. The molecule has 0 bridgehead atoms. The van der Waals surface area contributed by atoms with Crippen LogP contribution in [0.4, 0.5) is 0 Å². The Balaban J connectivity index is 1.44. The van der Waals surface area contributed by atoms with E-state index in [0.29, 0.717) is 6.04 Å². The summed E-state index contributed by atoms with van der Waals surface area (Å²) in [6, 6.07) is 4.50. The standard InChI is InChI=1S/C11H15N5/c1-3-12-15(5-1)8-7-14-9-11(10-14)16-6-2-4-13-16/h1-6,11H,7-10H2. The van der Waals surface area contributed by atoms with Crippen LogP contribution in [-0.2, 0) is 6.54 Å². The van der Waals surface area contributed by atoms with Crippen molar-refractivity contribution in [2.24, 2.45) is 0 Å². The Morgan fingerprint density at radius 2 is 1.81 bits per heavy atom. The van der Waals surface area contributed by atoms with Gasteiger partial charge in [0.05, 0.1) is 12.6 Å². The van der Waals surface area contributed by atoms with Crippen LogP contribution in [0.3, 0.4) is 0 Å². The zero-order valence-electron chi connectivity index (χ0n) is 9.11. The molecular weight excluding hydrogens is 202 g/mol. The smallest absolute Gasteiger partial charge is 0.0772 e. The minimum absolute atomic E-state index is 0.563. The number of rotatable bonds is 4. The van der Waals surface area contributed by atoms with Gasteiger partial charge in [-0.25, -0.2) is 0 Å². The molecule has 3 rings (SSSR count). The van der Waals surface area contributed by atoms with Crippen molar-refractivity contribution in [3.8, 4) is 0 Å². The molecule has 0 radical (unpaired) electrons. The second-order valence-corrected chi connectivity index (χ2v) is 4.17. The molecule has 0 atom stereocenters. The third-order valence-corrected chi connectivity index (χ3v) is 3.04. The summed E-state index contributed by atoms with van der Waals surface area (Å²) < 4.78 is 4.02. The van der Waals surface area contributed by atoms with E-state index in [1.54, 1.807) is 0 Å². The van der Waals surface area contributed by atoms with Gasteiger partial charge in [-0.3, -0.25) is 14.3 Å². The molecule has 1 aliphatic heterocycles. The average Bonchev–Trinajstić information content (AvgIpc) is 2.85. The van der Waals surface area contributed by atoms with Crippen LogP contribution in [0.1, 0.15) is 6.04 Å². The molecule has 16 heavy (non-hydrogen) atoms. The minimum Gasteiger partial charge on any atom is -0.297 e. The van der Waals surface area contributed by atoms with E-state index in [0.717, 1.165) is 26.2 Å². The summed E-state index contributed by atoms with van der Waals surface area (Å²) >= 11 is 0. The van der Waals surface area contributed by atoms with Gasteiger partial charge in [-0.1, -0.05) is 0 Å². The molecule has 2 aromatic heterocycles. The molecule has 0 aliphatic carbocycles. The molecule has 2 aromatic rings. The summed E-state index contributed by atoms with van der Waals surface area (Å²) in [5.41, 5.74) is 0. The summed E-state index contributed by atoms with van der Waals surface area (Å²) in [4.78, 5) is 2.42. The monoisotopic (exact) mass is 217 g/mol. The van der Waals surface area contributed by atoms with Crippen LogP contribution in [0.5, 0.6) is 0 Å². The molecule has 1 fully saturated rings. The number of nitrogens with zero attached hydrogens (tertiary/aromatic N) is 5. The van der Waals surface area contributed by atoms with E-state index in [4.69, 9.17) is 0 Å². The van der Waals surface area contributed by atoms with Gasteiger partial charge in [-0.2, -0.15) is 10.2 Å². The van der Waals surface area contributed by atoms with Gasteiger partial charge in [-0.05, 0) is 12.1 Å². The fourth-order valence-electron chi connectivity index (χ4n) is 2.07. The second kappa shape index (κ2) is 4.09. The maximum absolute atomic E-state index is 4.26. The van der Waals surface area contributed by atoms with E-state index in [-0.39, 0.29) is 0 Å². The Morgan fingerprint density at radius 3 is 2.50 bits per heavy atom. The van der Waals surface area contributed by atoms with Gasteiger partial charge < -0.3 is 0 Å². The van der Waals surface area contributed by atoms with Crippen molar-refractivity contribution in [2.75, 3.05) is 19.6 Å². The van der Waals surface area contributed by atoms with Crippen LogP contribution in [-0.4, -0.2) is 44.1 Å². The fraction of sp³-hybridized carbons (Fsp3) is 0.455. The third kappa shape index (κ3) is 1.86. The maximum atomic E-state index is 4.26. The summed E-state index contributed by atoms with van der Waals surface area (Å²) in [7, 11) is 0. The van der Waals surface area contributed by atoms with Crippen molar-refractivity contribution >= 4 is 0 Å². The van der Waals surface area contributed by atoms with Crippen molar-refractivity contribution in [2.45, 2.75) is 12.6 Å². The van der Waals surface area contributed by atoms with Gasteiger partial charge in [0.25, 0.3) is 0 Å². The largest absolute Gasteiger partial charge is 0.297 e. The van der Waals surface area contributed by atoms with Crippen LogP contribution in [0.15, 0.2) is 36.9 Å². The van der Waals surface area contributed by atoms with Crippen molar-refractivity contribution in [1.29, 1.82) is 0 Å². The zero-order chi connectivity index (χ0) is 10.8. The summed E-state index contributed by atoms with van der Waals surface area (Å²) in [5, 5.41) is 8.44. The normalized spacial score (nSPS) is 17.5. The Bertz CT molecular complexity index is 410. The van der Waals surface area contributed by atoms with Crippen molar-refractivity contribution in [3.05, 3.63) is 36.9 Å². The van der Waals surface area contributed by atoms with Crippen molar-refractivity contribution < 1.29 is 0 Å². The summed E-state index contributed by atoms with van der Waals surface area (Å²) in [5.74, 6) is 0. The predicted octanol–water partition coefficient (Wildman–Crippen LogP) is 0.636. The lowest BCUT2D eigenvalue weighted by Crippen LogP contribution is -2.48. The van der Waals surface area contributed by atoms with E-state index in [1.165, 1.54) is 0 Å². The highest BCUT2D eigenvalue weighted by molar-refractivity contribution is 4.89. The molecular formula is C11H15N5. The molecule has 0 N–H and O–H groups in total. The first-order chi connectivity index (χ1) is 7.92. The zero-order valence-corrected chi connectivity index (χ0v) is 9.11. The highest BCUT2D eigenvalue weighted by Gasteiger charge is 2.27. The molecule has 0 spiro atoms. The Hall–Kier alpha value is -1.62. The topological polar surface area (TPSA) is 38.9 Å². The van der Waals surface area contributed by atoms with Gasteiger partial charge in [-0.15, -0.1) is 0 Å². The van der Waals surface area contributed by atoms with Gasteiger partial charge in [0.1, 0.15) is 0 Å². The molecule has 0 aromatic carbocycles. The lowest BCUT2D eigenvalue weighted by molar-refractivity contribution is 0.0934. The maximum Gasteiger partial charge on any atom is 0.0772 e. The molecule has 0 unspecified atom stereocenters. The average molecular weight is 217 g/mol. The quantitative estimate of drug-likeness (QED) is 0.754. The van der Waals surface area contributed by atoms with E-state index in [9.17, 15) is 0 Å². The van der Waals surface area contributed by atoms with E-state index >= 15 is 0 Å². The van der Waals surface area contributed by atoms with Crippen molar-refractivity contribution in [1.82, 2.24) is 24.5 Å². The molecule has 5 heteroatoms. The Labute approximate surface area is 94.3 Å². The number of aromatic nitrogens is 4. The SMILES string of the molecule is c1cnn(CCN2CC(n3cccn3)C2)c1. The third-order valence-electron chi connectivity index (χ3n) is 3.04. The molecule has 0 saturated carbocycles. The molecule has 84 valence electrons. The van der Waals surface area contributed by atoms with Gasteiger partial charge in [0, 0.05) is 44.4 Å². The van der Waals surface area contributed by atoms with Crippen LogP contribution in [0.25, 0.3) is 0 Å². The van der Waals surface area contributed by atoms with Gasteiger partial charge in [0.15, 0.2) is 0 Å².